The SMILES string of the molecule is O=C(C1CC1c1ccccc1Cl)N1CCCN(c2ccc(F)cc2)CC1. The number of benzene rings is 2. The second kappa shape index (κ2) is 7.28. The number of carbonyl (C=O) groups excluding carboxylic acids is 1. The molecule has 2 aromatic carbocycles. The molecule has 136 valence electrons. The van der Waals surface area contributed by atoms with Gasteiger partial charge in [0, 0.05) is 42.8 Å². The molecule has 1 heterocycles. The van der Waals surface area contributed by atoms with Crippen LogP contribution in [0.4, 0.5) is 10.1 Å². The van der Waals surface area contributed by atoms with Crippen LogP contribution in [0, 0.1) is 11.7 Å². The van der Waals surface area contributed by atoms with Gasteiger partial charge in [0.15, 0.2) is 0 Å². The van der Waals surface area contributed by atoms with Crippen molar-refractivity contribution in [3.63, 3.8) is 0 Å². The van der Waals surface area contributed by atoms with Crippen molar-refractivity contribution in [2.45, 2.75) is 18.8 Å². The van der Waals surface area contributed by atoms with Crippen LogP contribution < -0.4 is 4.90 Å². The highest BCUT2D eigenvalue weighted by Crippen LogP contribution is 2.50. The molecule has 2 unspecified atom stereocenters. The third-order valence-electron chi connectivity index (χ3n) is 5.41. The molecule has 3 nitrogen and oxygen atoms in total. The first-order valence-electron chi connectivity index (χ1n) is 9.17. The van der Waals surface area contributed by atoms with Crippen molar-refractivity contribution >= 4 is 23.2 Å². The first kappa shape index (κ1) is 17.3. The summed E-state index contributed by atoms with van der Waals surface area (Å²) in [6.45, 7) is 3.15. The van der Waals surface area contributed by atoms with E-state index in [4.69, 9.17) is 11.6 Å². The van der Waals surface area contributed by atoms with Gasteiger partial charge in [-0.05, 0) is 54.7 Å². The molecule has 2 aliphatic rings. The van der Waals surface area contributed by atoms with Gasteiger partial charge in [-0.25, -0.2) is 4.39 Å². The molecule has 0 N–H and O–H groups in total. The number of amides is 1. The molecule has 1 aliphatic carbocycles. The molecule has 1 saturated carbocycles. The Morgan fingerprint density at radius 2 is 1.77 bits per heavy atom. The summed E-state index contributed by atoms with van der Waals surface area (Å²) in [4.78, 5) is 17.1. The number of hydrogen-bond donors (Lipinski definition) is 0. The Labute approximate surface area is 158 Å². The lowest BCUT2D eigenvalue weighted by molar-refractivity contribution is -0.132. The minimum atomic E-state index is -0.222. The number of hydrogen-bond acceptors (Lipinski definition) is 2. The average Bonchev–Trinajstić information content (AvgIpc) is 3.46. The molecule has 1 saturated heterocycles. The monoisotopic (exact) mass is 372 g/mol. The van der Waals surface area contributed by atoms with E-state index in [1.54, 1.807) is 12.1 Å². The fourth-order valence-electron chi connectivity index (χ4n) is 3.87. The molecule has 0 aromatic heterocycles. The van der Waals surface area contributed by atoms with Gasteiger partial charge < -0.3 is 9.80 Å². The number of nitrogens with zero attached hydrogens (tertiary/aromatic N) is 2. The molecule has 2 atom stereocenters. The number of halogens is 2. The quantitative estimate of drug-likeness (QED) is 0.801. The Morgan fingerprint density at radius 1 is 1.00 bits per heavy atom. The highest BCUT2D eigenvalue weighted by molar-refractivity contribution is 6.31. The maximum Gasteiger partial charge on any atom is 0.226 e. The van der Waals surface area contributed by atoms with Crippen molar-refractivity contribution in [2.75, 3.05) is 31.1 Å². The highest BCUT2D eigenvalue weighted by Gasteiger charge is 2.46. The van der Waals surface area contributed by atoms with Crippen LogP contribution in [0.3, 0.4) is 0 Å². The molecule has 2 aromatic rings. The predicted octanol–water partition coefficient (Wildman–Crippen LogP) is 4.32. The third kappa shape index (κ3) is 3.56. The molecule has 0 spiro atoms. The van der Waals surface area contributed by atoms with Gasteiger partial charge in [0.2, 0.25) is 5.91 Å². The van der Waals surface area contributed by atoms with E-state index in [0.29, 0.717) is 6.54 Å². The smallest absolute Gasteiger partial charge is 0.226 e. The summed E-state index contributed by atoms with van der Waals surface area (Å²) in [5, 5.41) is 0.756. The predicted molar refractivity (Wildman–Crippen MR) is 102 cm³/mol. The van der Waals surface area contributed by atoms with E-state index in [9.17, 15) is 9.18 Å². The summed E-state index contributed by atoms with van der Waals surface area (Å²) < 4.78 is 13.1. The lowest BCUT2D eigenvalue weighted by Crippen LogP contribution is -2.36. The average molecular weight is 373 g/mol. The second-order valence-electron chi connectivity index (χ2n) is 7.11. The van der Waals surface area contributed by atoms with Crippen LogP contribution in [0.25, 0.3) is 0 Å². The zero-order valence-corrected chi connectivity index (χ0v) is 15.3. The van der Waals surface area contributed by atoms with Crippen molar-refractivity contribution in [2.24, 2.45) is 5.92 Å². The largest absolute Gasteiger partial charge is 0.370 e. The summed E-state index contributed by atoms with van der Waals surface area (Å²) in [5.74, 6) is 0.343. The molecule has 1 amide bonds. The number of rotatable bonds is 3. The number of anilines is 1. The van der Waals surface area contributed by atoms with E-state index < -0.39 is 0 Å². The minimum absolute atomic E-state index is 0.0623. The van der Waals surface area contributed by atoms with Crippen molar-refractivity contribution in [3.05, 3.63) is 64.9 Å². The molecule has 4 rings (SSSR count). The zero-order valence-electron chi connectivity index (χ0n) is 14.6. The second-order valence-corrected chi connectivity index (χ2v) is 7.52. The van der Waals surface area contributed by atoms with Gasteiger partial charge in [-0.2, -0.15) is 0 Å². The molecular weight excluding hydrogens is 351 g/mol. The summed E-state index contributed by atoms with van der Waals surface area (Å²) in [5.41, 5.74) is 2.11. The Morgan fingerprint density at radius 3 is 2.54 bits per heavy atom. The first-order chi connectivity index (χ1) is 12.6. The van der Waals surface area contributed by atoms with E-state index in [2.05, 4.69) is 4.90 Å². The van der Waals surface area contributed by atoms with E-state index in [-0.39, 0.29) is 23.6 Å². The summed E-state index contributed by atoms with van der Waals surface area (Å²) in [6.07, 6.45) is 1.81. The fourth-order valence-corrected chi connectivity index (χ4v) is 4.15. The Bertz CT molecular complexity index is 795. The first-order valence-corrected chi connectivity index (χ1v) is 9.55. The van der Waals surface area contributed by atoms with E-state index >= 15 is 0 Å². The van der Waals surface area contributed by atoms with Gasteiger partial charge in [0.25, 0.3) is 0 Å². The van der Waals surface area contributed by atoms with Crippen LogP contribution in [-0.4, -0.2) is 37.0 Å². The van der Waals surface area contributed by atoms with Crippen LogP contribution >= 0.6 is 11.6 Å². The Hall–Kier alpha value is -2.07. The van der Waals surface area contributed by atoms with E-state index in [1.165, 1.54) is 12.1 Å². The zero-order chi connectivity index (χ0) is 18.1. The van der Waals surface area contributed by atoms with Gasteiger partial charge in [-0.1, -0.05) is 29.8 Å². The Kier molecular flexibility index (Phi) is 4.86. The van der Waals surface area contributed by atoms with Crippen LogP contribution in [-0.2, 0) is 4.79 Å². The van der Waals surface area contributed by atoms with Gasteiger partial charge in [0.1, 0.15) is 5.82 Å². The molecule has 5 heteroatoms. The van der Waals surface area contributed by atoms with Crippen molar-refractivity contribution < 1.29 is 9.18 Å². The third-order valence-corrected chi connectivity index (χ3v) is 5.76. The summed E-state index contributed by atoms with van der Waals surface area (Å²) >= 11 is 6.28. The van der Waals surface area contributed by atoms with Crippen molar-refractivity contribution in [3.8, 4) is 0 Å². The van der Waals surface area contributed by atoms with Crippen LogP contribution in [0.15, 0.2) is 48.5 Å². The van der Waals surface area contributed by atoms with E-state index in [0.717, 1.165) is 48.7 Å². The molecule has 2 fully saturated rings. The van der Waals surface area contributed by atoms with Gasteiger partial charge in [-0.15, -0.1) is 0 Å². The van der Waals surface area contributed by atoms with Crippen molar-refractivity contribution in [1.29, 1.82) is 0 Å². The lowest BCUT2D eigenvalue weighted by Gasteiger charge is -2.24. The molecule has 0 bridgehead atoms. The van der Waals surface area contributed by atoms with Gasteiger partial charge in [-0.3, -0.25) is 4.79 Å². The maximum atomic E-state index is 13.1. The summed E-state index contributed by atoms with van der Waals surface area (Å²) in [6, 6.07) is 14.4. The summed E-state index contributed by atoms with van der Waals surface area (Å²) in [7, 11) is 0. The van der Waals surface area contributed by atoms with Gasteiger partial charge in [0.05, 0.1) is 0 Å². The molecule has 1 aliphatic heterocycles. The number of carbonyl (C=O) groups is 1. The highest BCUT2D eigenvalue weighted by atomic mass is 35.5. The molecular formula is C21H22ClFN2O. The lowest BCUT2D eigenvalue weighted by atomic mass is 10.1. The van der Waals surface area contributed by atoms with Crippen LogP contribution in [0.1, 0.15) is 24.3 Å². The molecule has 26 heavy (non-hydrogen) atoms. The van der Waals surface area contributed by atoms with Crippen LogP contribution in [0.5, 0.6) is 0 Å². The standard InChI is InChI=1S/C21H22ClFN2O/c22-20-5-2-1-4-17(20)18-14-19(18)21(26)25-11-3-10-24(12-13-25)16-8-6-15(23)7-9-16/h1-2,4-9,18-19H,3,10-14H2. The normalized spacial score (nSPS) is 22.8. The molecule has 0 radical (unpaired) electrons. The fraction of sp³-hybridized carbons (Fsp3) is 0.381. The topological polar surface area (TPSA) is 23.6 Å². The van der Waals surface area contributed by atoms with Gasteiger partial charge >= 0.3 is 0 Å². The minimum Gasteiger partial charge on any atom is -0.370 e. The Balaban J connectivity index is 1.38. The maximum absolute atomic E-state index is 13.1. The van der Waals surface area contributed by atoms with Crippen LogP contribution in [0.2, 0.25) is 5.02 Å². The van der Waals surface area contributed by atoms with Crippen molar-refractivity contribution in [1.82, 2.24) is 4.90 Å². The van der Waals surface area contributed by atoms with E-state index in [1.807, 2.05) is 29.2 Å².